The number of Topliss-reactive ketones (excluding diaryl/α,β-unsaturated/α-hetero) is 1. The summed E-state index contributed by atoms with van der Waals surface area (Å²) in [6.07, 6.45) is 0. The highest BCUT2D eigenvalue weighted by Crippen LogP contribution is 2.42. The number of hydrogen-bond donors (Lipinski definition) is 1. The normalized spacial score (nSPS) is 17.6. The van der Waals surface area contributed by atoms with Crippen molar-refractivity contribution in [1.82, 2.24) is 0 Å². The van der Waals surface area contributed by atoms with Gasteiger partial charge in [-0.2, -0.15) is 0 Å². The Morgan fingerprint density at radius 2 is 1.62 bits per heavy atom. The molecule has 0 radical (unpaired) electrons. The van der Waals surface area contributed by atoms with Gasteiger partial charge in [0.25, 0.3) is 11.7 Å². The third kappa shape index (κ3) is 3.82. The molecular weight excluding hydrogens is 468 g/mol. The van der Waals surface area contributed by atoms with E-state index in [9.17, 15) is 14.7 Å². The second-order valence-electron chi connectivity index (χ2n) is 7.95. The molecule has 1 aliphatic rings. The minimum atomic E-state index is -0.731. The van der Waals surface area contributed by atoms with Gasteiger partial charge in [-0.25, -0.2) is 0 Å². The number of ketones is 1. The monoisotopic (exact) mass is 490 g/mol. The highest BCUT2D eigenvalue weighted by Gasteiger charge is 2.46. The lowest BCUT2D eigenvalue weighted by molar-refractivity contribution is -0.132. The summed E-state index contributed by atoms with van der Waals surface area (Å²) in [5.41, 5.74) is 3.81. The zero-order valence-electron chi connectivity index (χ0n) is 18.0. The zero-order chi connectivity index (χ0) is 23.0. The standard InChI is InChI=1S/C26H23BrN2O3/c1-16-15-18(9-14-21(16)27)24(30)22-23(17-7-5-4-6-8-17)29(26(32)25(22)31)20-12-10-19(11-13-20)28(2)3/h4-15,23,30H,1-3H3/b24-22-. The molecule has 32 heavy (non-hydrogen) atoms. The van der Waals surface area contributed by atoms with Crippen molar-refractivity contribution in [2.75, 3.05) is 23.9 Å². The molecule has 0 bridgehead atoms. The number of benzene rings is 3. The smallest absolute Gasteiger partial charge is 0.300 e. The van der Waals surface area contributed by atoms with Crippen LogP contribution in [0.2, 0.25) is 0 Å². The van der Waals surface area contributed by atoms with E-state index in [0.717, 1.165) is 21.3 Å². The van der Waals surface area contributed by atoms with Crippen molar-refractivity contribution in [2.45, 2.75) is 13.0 Å². The highest BCUT2D eigenvalue weighted by atomic mass is 79.9. The minimum Gasteiger partial charge on any atom is -0.507 e. The fraction of sp³-hybridized carbons (Fsp3) is 0.154. The van der Waals surface area contributed by atoms with E-state index in [0.29, 0.717) is 11.3 Å². The predicted molar refractivity (Wildman–Crippen MR) is 131 cm³/mol. The molecule has 1 amide bonds. The van der Waals surface area contributed by atoms with Crippen molar-refractivity contribution >= 4 is 44.8 Å². The Labute approximate surface area is 195 Å². The highest BCUT2D eigenvalue weighted by molar-refractivity contribution is 9.10. The largest absolute Gasteiger partial charge is 0.507 e. The topological polar surface area (TPSA) is 60.9 Å². The SMILES string of the molecule is Cc1cc(/C(O)=C2/C(=O)C(=O)N(c3ccc(N(C)C)cc3)C2c2ccccc2)ccc1Br. The van der Waals surface area contributed by atoms with Crippen LogP contribution in [0.5, 0.6) is 0 Å². The Morgan fingerprint density at radius 3 is 2.22 bits per heavy atom. The maximum Gasteiger partial charge on any atom is 0.300 e. The van der Waals surface area contributed by atoms with Crippen LogP contribution < -0.4 is 9.80 Å². The molecule has 0 aliphatic carbocycles. The van der Waals surface area contributed by atoms with E-state index in [1.165, 1.54) is 4.90 Å². The third-order valence-corrected chi connectivity index (χ3v) is 6.53. The fourth-order valence-electron chi connectivity index (χ4n) is 3.91. The van der Waals surface area contributed by atoms with Gasteiger partial charge in [-0.3, -0.25) is 14.5 Å². The number of aliphatic hydroxyl groups excluding tert-OH is 1. The van der Waals surface area contributed by atoms with Gasteiger partial charge in [-0.1, -0.05) is 52.3 Å². The average molecular weight is 491 g/mol. The van der Waals surface area contributed by atoms with Crippen molar-refractivity contribution < 1.29 is 14.7 Å². The van der Waals surface area contributed by atoms with Crippen molar-refractivity contribution in [1.29, 1.82) is 0 Å². The lowest BCUT2D eigenvalue weighted by atomic mass is 9.95. The third-order valence-electron chi connectivity index (χ3n) is 5.64. The van der Waals surface area contributed by atoms with Gasteiger partial charge < -0.3 is 10.0 Å². The van der Waals surface area contributed by atoms with Gasteiger partial charge in [-0.05, 0) is 54.4 Å². The molecule has 1 atom stereocenters. The summed E-state index contributed by atoms with van der Waals surface area (Å²) in [4.78, 5) is 29.8. The summed E-state index contributed by atoms with van der Waals surface area (Å²) in [5, 5.41) is 11.2. The molecule has 0 aromatic heterocycles. The van der Waals surface area contributed by atoms with Crippen molar-refractivity contribution in [2.24, 2.45) is 0 Å². The number of halogens is 1. The number of anilines is 2. The molecule has 1 saturated heterocycles. The van der Waals surface area contributed by atoms with E-state index >= 15 is 0 Å². The zero-order valence-corrected chi connectivity index (χ0v) is 19.6. The molecule has 3 aromatic rings. The van der Waals surface area contributed by atoms with Crippen LogP contribution in [0.15, 0.2) is 82.8 Å². The molecular formula is C26H23BrN2O3. The number of aliphatic hydroxyl groups is 1. The van der Waals surface area contributed by atoms with Gasteiger partial charge in [0, 0.05) is 35.5 Å². The van der Waals surface area contributed by atoms with Crippen LogP contribution in [0, 0.1) is 6.92 Å². The first-order chi connectivity index (χ1) is 15.3. The van der Waals surface area contributed by atoms with Crippen LogP contribution in [0.25, 0.3) is 5.76 Å². The summed E-state index contributed by atoms with van der Waals surface area (Å²) < 4.78 is 0.898. The molecule has 1 unspecified atom stereocenters. The lowest BCUT2D eigenvalue weighted by Crippen LogP contribution is -2.29. The number of hydrogen-bond acceptors (Lipinski definition) is 4. The fourth-order valence-corrected chi connectivity index (χ4v) is 4.16. The van der Waals surface area contributed by atoms with Crippen molar-refractivity contribution in [3.05, 3.63) is 99.5 Å². The predicted octanol–water partition coefficient (Wildman–Crippen LogP) is 5.45. The molecule has 5 nitrogen and oxygen atoms in total. The second kappa shape index (κ2) is 8.63. The molecule has 3 aromatic carbocycles. The molecule has 6 heteroatoms. The number of rotatable bonds is 4. The van der Waals surface area contributed by atoms with Crippen LogP contribution in [0.1, 0.15) is 22.7 Å². The Kier molecular flexibility index (Phi) is 5.89. The van der Waals surface area contributed by atoms with Gasteiger partial charge >= 0.3 is 0 Å². The maximum absolute atomic E-state index is 13.2. The summed E-state index contributed by atoms with van der Waals surface area (Å²) in [6.45, 7) is 1.90. The number of amides is 1. The van der Waals surface area contributed by atoms with Gasteiger partial charge in [-0.15, -0.1) is 0 Å². The summed E-state index contributed by atoms with van der Waals surface area (Å²) in [6, 6.07) is 21.3. The van der Waals surface area contributed by atoms with Crippen LogP contribution >= 0.6 is 15.9 Å². The molecule has 1 N–H and O–H groups in total. The van der Waals surface area contributed by atoms with E-state index in [4.69, 9.17) is 0 Å². The van der Waals surface area contributed by atoms with Crippen molar-refractivity contribution in [3.63, 3.8) is 0 Å². The van der Waals surface area contributed by atoms with E-state index < -0.39 is 17.7 Å². The first kappa shape index (κ1) is 21.8. The second-order valence-corrected chi connectivity index (χ2v) is 8.81. The van der Waals surface area contributed by atoms with Gasteiger partial charge in [0.15, 0.2) is 0 Å². The van der Waals surface area contributed by atoms with E-state index in [1.54, 1.807) is 12.1 Å². The Bertz CT molecular complexity index is 1220. The van der Waals surface area contributed by atoms with Crippen LogP contribution in [0.4, 0.5) is 11.4 Å². The van der Waals surface area contributed by atoms with E-state index in [-0.39, 0.29) is 11.3 Å². The molecule has 0 saturated carbocycles. The summed E-state index contributed by atoms with van der Waals surface area (Å²) in [5.74, 6) is -1.54. The lowest BCUT2D eigenvalue weighted by Gasteiger charge is -2.26. The number of carbonyl (C=O) groups is 2. The van der Waals surface area contributed by atoms with E-state index in [2.05, 4.69) is 15.9 Å². The number of carbonyl (C=O) groups excluding carboxylic acids is 2. The van der Waals surface area contributed by atoms with Crippen molar-refractivity contribution in [3.8, 4) is 0 Å². The Balaban J connectivity index is 1.90. The quantitative estimate of drug-likeness (QED) is 0.300. The first-order valence-electron chi connectivity index (χ1n) is 10.2. The molecule has 1 aliphatic heterocycles. The van der Waals surface area contributed by atoms with Crippen LogP contribution in [-0.4, -0.2) is 30.9 Å². The Morgan fingerprint density at radius 1 is 0.969 bits per heavy atom. The van der Waals surface area contributed by atoms with Gasteiger partial charge in [0.1, 0.15) is 5.76 Å². The summed E-state index contributed by atoms with van der Waals surface area (Å²) in [7, 11) is 3.87. The molecule has 162 valence electrons. The summed E-state index contributed by atoms with van der Waals surface area (Å²) >= 11 is 3.46. The molecule has 0 spiro atoms. The Hall–Kier alpha value is -3.38. The van der Waals surface area contributed by atoms with Gasteiger partial charge in [0.2, 0.25) is 0 Å². The minimum absolute atomic E-state index is 0.0830. The number of nitrogens with zero attached hydrogens (tertiary/aromatic N) is 2. The first-order valence-corrected chi connectivity index (χ1v) is 11.0. The van der Waals surface area contributed by atoms with Gasteiger partial charge in [0.05, 0.1) is 11.6 Å². The average Bonchev–Trinajstić information content (AvgIpc) is 3.06. The van der Waals surface area contributed by atoms with Crippen LogP contribution in [0.3, 0.4) is 0 Å². The van der Waals surface area contributed by atoms with E-state index in [1.807, 2.05) is 86.6 Å². The molecule has 4 rings (SSSR count). The number of aryl methyl sites for hydroxylation is 1. The maximum atomic E-state index is 13.2. The molecule has 1 fully saturated rings. The molecule has 1 heterocycles. The van der Waals surface area contributed by atoms with Crippen LogP contribution in [-0.2, 0) is 9.59 Å².